The number of fused-ring (bicyclic) bond motifs is 2. The smallest absolute Gasteiger partial charge is 0.496 e. The summed E-state index contributed by atoms with van der Waals surface area (Å²) in [4.78, 5) is 11.2. The molecule has 0 heterocycles. The quantitative estimate of drug-likeness (QED) is 0.310. The fourth-order valence-electron chi connectivity index (χ4n) is 3.04. The van der Waals surface area contributed by atoms with Crippen LogP contribution in [0.15, 0.2) is 51.4 Å². The number of methoxy groups -OCH3 is 1. The van der Waals surface area contributed by atoms with Crippen molar-refractivity contribution >= 4 is 53.5 Å². The Kier molecular flexibility index (Phi) is 9.09. The van der Waals surface area contributed by atoms with Gasteiger partial charge in [-0.1, -0.05) is 56.1 Å². The molecular formula is C21H19Br2F3O5S. The van der Waals surface area contributed by atoms with E-state index in [4.69, 9.17) is 4.74 Å². The lowest BCUT2D eigenvalue weighted by molar-refractivity contribution is -0.0526. The predicted octanol–water partition coefficient (Wildman–Crippen LogP) is 6.05. The van der Waals surface area contributed by atoms with Crippen LogP contribution in [0.1, 0.15) is 33.5 Å². The summed E-state index contributed by atoms with van der Waals surface area (Å²) in [5.74, 6) is 1.27. The number of carbonyl (C=O) groups is 1. The zero-order chi connectivity index (χ0) is 24.1. The third-order valence-corrected chi connectivity index (χ3v) is 7.11. The normalized spacial score (nSPS) is 14.3. The number of ketones is 1. The molecule has 4 rings (SSSR count). The third kappa shape index (κ3) is 6.21. The van der Waals surface area contributed by atoms with E-state index in [1.54, 1.807) is 7.11 Å². The van der Waals surface area contributed by atoms with Crippen molar-refractivity contribution in [2.24, 2.45) is 0 Å². The average Bonchev–Trinajstić information content (AvgIpc) is 3.33. The van der Waals surface area contributed by atoms with E-state index in [9.17, 15) is 26.4 Å². The Morgan fingerprint density at radius 1 is 0.906 bits per heavy atom. The Bertz CT molecular complexity index is 1130. The molecule has 174 valence electrons. The van der Waals surface area contributed by atoms with Crippen LogP contribution in [0, 0.1) is 0 Å². The van der Waals surface area contributed by atoms with Gasteiger partial charge in [0.25, 0.3) is 0 Å². The lowest BCUT2D eigenvalue weighted by Gasteiger charge is -2.04. The number of ether oxygens (including phenoxy) is 1. The van der Waals surface area contributed by atoms with Gasteiger partial charge in [0.15, 0.2) is 5.78 Å². The minimum atomic E-state index is -5.34. The number of Topliss-reactive ketones (excluding diaryl/α,β-unsaturated/α-hetero) is 1. The first-order valence-electron chi connectivity index (χ1n) is 9.12. The molecule has 2 aliphatic carbocycles. The van der Waals surface area contributed by atoms with Crippen LogP contribution < -0.4 is 0 Å². The number of hydrogen-bond acceptors (Lipinski definition) is 5. The van der Waals surface area contributed by atoms with E-state index in [2.05, 4.69) is 54.3 Å². The van der Waals surface area contributed by atoms with Crippen molar-refractivity contribution in [3.63, 3.8) is 0 Å². The minimum absolute atomic E-state index is 0.279. The number of hydrogen-bond donors (Lipinski definition) is 0. The standard InChI is InChI=1S/C10H9BrO.C9H7BrO.C2H3F3O3S/c1-12-10-6-5-7-8(10)3-2-4-9(7)11;10-8-3-1-2-7-6(8)4-5-9(7)11;1-8-9(6,7)2(3,4)5/h2-4,6H,5H2,1H3;1-3H,4-5H2;1H3. The van der Waals surface area contributed by atoms with Crippen molar-refractivity contribution in [3.05, 3.63) is 73.7 Å². The molecule has 2 aromatic carbocycles. The molecule has 2 aliphatic rings. The number of benzene rings is 2. The second-order valence-electron chi connectivity index (χ2n) is 6.50. The maximum atomic E-state index is 11.2. The molecule has 0 saturated heterocycles. The Balaban J connectivity index is 0.000000173. The molecule has 0 unspecified atom stereocenters. The zero-order valence-electron chi connectivity index (χ0n) is 17.0. The van der Waals surface area contributed by atoms with Crippen LogP contribution in [0.3, 0.4) is 0 Å². The summed E-state index contributed by atoms with van der Waals surface area (Å²) in [6.45, 7) is 0. The molecule has 0 amide bonds. The van der Waals surface area contributed by atoms with Crippen molar-refractivity contribution in [2.75, 3.05) is 14.2 Å². The first-order valence-corrected chi connectivity index (χ1v) is 12.1. The summed E-state index contributed by atoms with van der Waals surface area (Å²) in [7, 11) is -3.18. The summed E-state index contributed by atoms with van der Waals surface area (Å²) in [6, 6.07) is 12.0. The second kappa shape index (κ2) is 11.0. The van der Waals surface area contributed by atoms with Crippen molar-refractivity contribution in [2.45, 2.75) is 24.8 Å². The molecule has 0 saturated carbocycles. The van der Waals surface area contributed by atoms with E-state index in [0.29, 0.717) is 13.5 Å². The summed E-state index contributed by atoms with van der Waals surface area (Å²) < 4.78 is 63.3. The van der Waals surface area contributed by atoms with Crippen molar-refractivity contribution in [1.82, 2.24) is 0 Å². The van der Waals surface area contributed by atoms with Gasteiger partial charge in [-0.15, -0.1) is 0 Å². The molecule has 0 bridgehead atoms. The van der Waals surface area contributed by atoms with Gasteiger partial charge in [0, 0.05) is 26.5 Å². The van der Waals surface area contributed by atoms with Gasteiger partial charge >= 0.3 is 15.6 Å². The van der Waals surface area contributed by atoms with Gasteiger partial charge in [0.2, 0.25) is 0 Å². The fourth-order valence-corrected chi connectivity index (χ4v) is 4.32. The van der Waals surface area contributed by atoms with Crippen LogP contribution in [-0.4, -0.2) is 33.9 Å². The van der Waals surface area contributed by atoms with Crippen LogP contribution in [0.4, 0.5) is 13.2 Å². The van der Waals surface area contributed by atoms with Gasteiger partial charge < -0.3 is 4.74 Å². The number of allylic oxidation sites excluding steroid dienone is 1. The van der Waals surface area contributed by atoms with E-state index < -0.39 is 15.6 Å². The van der Waals surface area contributed by atoms with Gasteiger partial charge in [-0.25, -0.2) is 0 Å². The SMILES string of the molecule is COC1=CCc2c(Br)cccc21.COS(=O)(=O)C(F)(F)F.O=C1CCc2c(Br)cccc21. The largest absolute Gasteiger partial charge is 0.523 e. The van der Waals surface area contributed by atoms with Crippen LogP contribution in [0.2, 0.25) is 0 Å². The summed E-state index contributed by atoms with van der Waals surface area (Å²) in [5.41, 5.74) is -0.681. The molecule has 11 heteroatoms. The molecule has 5 nitrogen and oxygen atoms in total. The maximum Gasteiger partial charge on any atom is 0.523 e. The molecular weight excluding hydrogens is 581 g/mol. The average molecular weight is 600 g/mol. The predicted molar refractivity (Wildman–Crippen MR) is 122 cm³/mol. The number of alkyl halides is 3. The van der Waals surface area contributed by atoms with Gasteiger partial charge in [0.05, 0.1) is 14.2 Å². The Morgan fingerprint density at radius 2 is 1.47 bits per heavy atom. The Hall–Kier alpha value is -1.69. The maximum absolute atomic E-state index is 11.2. The lowest BCUT2D eigenvalue weighted by Crippen LogP contribution is -2.23. The monoisotopic (exact) mass is 598 g/mol. The highest BCUT2D eigenvalue weighted by atomic mass is 79.9. The van der Waals surface area contributed by atoms with E-state index in [1.165, 1.54) is 21.2 Å². The van der Waals surface area contributed by atoms with Gasteiger partial charge in [-0.3, -0.25) is 8.98 Å². The highest BCUT2D eigenvalue weighted by Crippen LogP contribution is 2.32. The summed E-state index contributed by atoms with van der Waals surface area (Å²) >= 11 is 6.94. The van der Waals surface area contributed by atoms with Crippen molar-refractivity contribution in [3.8, 4) is 0 Å². The molecule has 0 spiro atoms. The number of carbonyl (C=O) groups excluding carboxylic acids is 1. The third-order valence-electron chi connectivity index (χ3n) is 4.62. The molecule has 0 aliphatic heterocycles. The van der Waals surface area contributed by atoms with Gasteiger partial charge in [-0.2, -0.15) is 21.6 Å². The Morgan fingerprint density at radius 3 is 1.94 bits per heavy atom. The molecule has 0 aromatic heterocycles. The van der Waals surface area contributed by atoms with Crippen molar-refractivity contribution < 1.29 is 35.3 Å². The minimum Gasteiger partial charge on any atom is -0.496 e. The Labute approximate surface area is 201 Å². The van der Waals surface area contributed by atoms with Crippen LogP contribution in [-0.2, 0) is 31.9 Å². The molecule has 0 N–H and O–H groups in total. The molecule has 32 heavy (non-hydrogen) atoms. The van der Waals surface area contributed by atoms with E-state index in [0.717, 1.165) is 28.6 Å². The highest BCUT2D eigenvalue weighted by Gasteiger charge is 2.46. The first-order chi connectivity index (χ1) is 14.9. The van der Waals surface area contributed by atoms with E-state index >= 15 is 0 Å². The van der Waals surface area contributed by atoms with Crippen LogP contribution in [0.5, 0.6) is 0 Å². The highest BCUT2D eigenvalue weighted by molar-refractivity contribution is 9.10. The summed E-state index contributed by atoms with van der Waals surface area (Å²) in [5, 5.41) is 0. The molecule has 0 atom stereocenters. The van der Waals surface area contributed by atoms with Gasteiger partial charge in [-0.05, 0) is 42.2 Å². The topological polar surface area (TPSA) is 69.7 Å². The fraction of sp³-hybridized carbons (Fsp3) is 0.286. The number of rotatable bonds is 2. The second-order valence-corrected chi connectivity index (χ2v) is 9.91. The zero-order valence-corrected chi connectivity index (χ0v) is 21.0. The lowest BCUT2D eigenvalue weighted by atomic mass is 10.1. The summed E-state index contributed by atoms with van der Waals surface area (Å²) in [6.07, 6.45) is 4.66. The van der Waals surface area contributed by atoms with E-state index in [-0.39, 0.29) is 5.78 Å². The van der Waals surface area contributed by atoms with Crippen LogP contribution in [0.25, 0.3) is 5.76 Å². The van der Waals surface area contributed by atoms with Gasteiger partial charge in [0.1, 0.15) is 5.76 Å². The molecule has 2 aromatic rings. The van der Waals surface area contributed by atoms with Crippen LogP contribution >= 0.6 is 31.9 Å². The molecule has 0 radical (unpaired) electrons. The van der Waals surface area contributed by atoms with E-state index in [1.807, 2.05) is 24.3 Å². The first kappa shape index (κ1) is 26.6. The molecule has 0 fully saturated rings. The van der Waals surface area contributed by atoms with Crippen molar-refractivity contribution in [1.29, 1.82) is 0 Å². The number of halogens is 5.